The van der Waals surface area contributed by atoms with Crippen LogP contribution in [0.1, 0.15) is 20.3 Å². The Kier molecular flexibility index (Phi) is 3.69. The predicted molar refractivity (Wildman–Crippen MR) is 54.3 cm³/mol. The topological polar surface area (TPSA) is 75.7 Å². The van der Waals surface area contributed by atoms with E-state index in [0.29, 0.717) is 13.0 Å². The number of carbonyl (C=O) groups is 1. The van der Waals surface area contributed by atoms with Gasteiger partial charge in [-0.2, -0.15) is 17.4 Å². The van der Waals surface area contributed by atoms with Gasteiger partial charge < -0.3 is 4.74 Å². The number of esters is 1. The Morgan fingerprint density at radius 3 is 2.60 bits per heavy atom. The van der Waals surface area contributed by atoms with Crippen LogP contribution in [-0.2, 0) is 19.7 Å². The molecule has 0 aromatic heterocycles. The van der Waals surface area contributed by atoms with Crippen LogP contribution >= 0.6 is 0 Å². The van der Waals surface area contributed by atoms with Crippen molar-refractivity contribution >= 4 is 16.2 Å². The van der Waals surface area contributed by atoms with Gasteiger partial charge >= 0.3 is 5.97 Å². The molecule has 1 rings (SSSR count). The van der Waals surface area contributed by atoms with E-state index in [-0.39, 0.29) is 6.04 Å². The molecule has 0 aromatic carbocycles. The third-order valence-electron chi connectivity index (χ3n) is 2.47. The second kappa shape index (κ2) is 4.46. The van der Waals surface area contributed by atoms with E-state index in [1.165, 1.54) is 11.4 Å². The largest absolute Gasteiger partial charge is 0.468 e. The van der Waals surface area contributed by atoms with E-state index in [9.17, 15) is 13.2 Å². The van der Waals surface area contributed by atoms with Crippen molar-refractivity contribution in [2.45, 2.75) is 32.4 Å². The van der Waals surface area contributed by atoms with E-state index in [1.54, 1.807) is 13.8 Å². The maximum absolute atomic E-state index is 11.7. The van der Waals surface area contributed by atoms with Gasteiger partial charge in [-0.25, -0.2) is 0 Å². The summed E-state index contributed by atoms with van der Waals surface area (Å²) < 4.78 is 31.5. The van der Waals surface area contributed by atoms with E-state index >= 15 is 0 Å². The molecule has 0 aliphatic carbocycles. The fourth-order valence-corrected chi connectivity index (χ4v) is 3.35. The van der Waals surface area contributed by atoms with Crippen LogP contribution in [0.15, 0.2) is 0 Å². The third-order valence-corrected chi connectivity index (χ3v) is 4.28. The van der Waals surface area contributed by atoms with Gasteiger partial charge in [0.15, 0.2) is 0 Å². The highest BCUT2D eigenvalue weighted by Gasteiger charge is 2.38. The minimum absolute atomic E-state index is 0.189. The van der Waals surface area contributed by atoms with Gasteiger partial charge in [-0.15, -0.1) is 0 Å². The number of nitrogens with one attached hydrogen (secondary N) is 1. The first-order chi connectivity index (χ1) is 6.92. The molecule has 1 fully saturated rings. The fraction of sp³-hybridized carbons (Fsp3) is 0.875. The monoisotopic (exact) mass is 236 g/mol. The normalized spacial score (nSPS) is 31.1. The highest BCUT2D eigenvalue weighted by Crippen LogP contribution is 2.18. The molecular weight excluding hydrogens is 220 g/mol. The maximum Gasteiger partial charge on any atom is 0.324 e. The van der Waals surface area contributed by atoms with Crippen LogP contribution in [0.5, 0.6) is 0 Å². The molecule has 0 aromatic rings. The molecular formula is C8H16N2O4S. The first kappa shape index (κ1) is 12.4. The molecule has 1 N–H and O–H groups in total. The molecule has 0 radical (unpaired) electrons. The first-order valence-corrected chi connectivity index (χ1v) is 6.23. The maximum atomic E-state index is 11.7. The van der Waals surface area contributed by atoms with Gasteiger partial charge in [-0.3, -0.25) is 4.79 Å². The molecule has 0 saturated carbocycles. The molecule has 0 spiro atoms. The lowest BCUT2D eigenvalue weighted by molar-refractivity contribution is -0.143. The summed E-state index contributed by atoms with van der Waals surface area (Å²) in [6.07, 6.45) is 0.430. The number of ether oxygens (including phenoxy) is 1. The van der Waals surface area contributed by atoms with Crippen LogP contribution in [0, 0.1) is 0 Å². The van der Waals surface area contributed by atoms with Gasteiger partial charge in [-0.05, 0) is 13.3 Å². The van der Waals surface area contributed by atoms with Crippen molar-refractivity contribution in [3.05, 3.63) is 0 Å². The van der Waals surface area contributed by atoms with E-state index < -0.39 is 22.2 Å². The van der Waals surface area contributed by atoms with E-state index in [4.69, 9.17) is 0 Å². The minimum Gasteiger partial charge on any atom is -0.468 e. The summed E-state index contributed by atoms with van der Waals surface area (Å²) in [6.45, 7) is 3.93. The lowest BCUT2D eigenvalue weighted by atomic mass is 10.1. The summed E-state index contributed by atoms with van der Waals surface area (Å²) in [6, 6.07) is -0.955. The van der Waals surface area contributed by atoms with Gasteiger partial charge in [0.1, 0.15) is 6.04 Å². The van der Waals surface area contributed by atoms with Gasteiger partial charge in [0.25, 0.3) is 10.2 Å². The summed E-state index contributed by atoms with van der Waals surface area (Å²) in [5.41, 5.74) is 0. The van der Waals surface area contributed by atoms with Crippen LogP contribution in [0.25, 0.3) is 0 Å². The number of methoxy groups -OCH3 is 1. The standard InChI is InChI=1S/C8H16N2O4S/c1-4-10-6(2)5-7(8(11)14-3)9-15(10,12)13/h6-7,9H,4-5H2,1-3H3. The van der Waals surface area contributed by atoms with Gasteiger partial charge in [0.2, 0.25) is 0 Å². The lowest BCUT2D eigenvalue weighted by Gasteiger charge is -2.35. The van der Waals surface area contributed by atoms with E-state index in [1.807, 2.05) is 0 Å². The minimum atomic E-state index is -3.54. The van der Waals surface area contributed by atoms with Crippen molar-refractivity contribution < 1.29 is 17.9 Å². The van der Waals surface area contributed by atoms with Crippen molar-refractivity contribution in [3.8, 4) is 0 Å². The Labute approximate surface area is 89.8 Å². The van der Waals surface area contributed by atoms with E-state index in [2.05, 4.69) is 9.46 Å². The predicted octanol–water partition coefficient (Wildman–Crippen LogP) is -0.523. The zero-order valence-corrected chi connectivity index (χ0v) is 9.87. The first-order valence-electron chi connectivity index (χ1n) is 4.79. The molecule has 0 bridgehead atoms. The van der Waals surface area contributed by atoms with Crippen molar-refractivity contribution in [2.75, 3.05) is 13.7 Å². The average Bonchev–Trinajstić information content (AvgIpc) is 2.14. The summed E-state index contributed by atoms with van der Waals surface area (Å²) in [5, 5.41) is 0. The highest BCUT2D eigenvalue weighted by atomic mass is 32.2. The molecule has 2 atom stereocenters. The van der Waals surface area contributed by atoms with Crippen molar-refractivity contribution in [1.29, 1.82) is 0 Å². The quantitative estimate of drug-likeness (QED) is 0.654. The number of rotatable bonds is 2. The third kappa shape index (κ3) is 2.47. The molecule has 1 aliphatic rings. The number of carbonyl (C=O) groups excluding carboxylic acids is 1. The van der Waals surface area contributed by atoms with Crippen LogP contribution in [-0.4, -0.2) is 44.4 Å². The van der Waals surface area contributed by atoms with Crippen molar-refractivity contribution in [1.82, 2.24) is 9.03 Å². The summed E-state index contributed by atoms with van der Waals surface area (Å²) >= 11 is 0. The second-order valence-corrected chi connectivity index (χ2v) is 5.14. The number of nitrogens with zero attached hydrogens (tertiary/aromatic N) is 1. The van der Waals surface area contributed by atoms with Crippen LogP contribution in [0.3, 0.4) is 0 Å². The Hall–Kier alpha value is -0.660. The molecule has 1 saturated heterocycles. The van der Waals surface area contributed by atoms with Gasteiger partial charge in [-0.1, -0.05) is 6.92 Å². The molecule has 0 amide bonds. The Balaban J connectivity index is 2.87. The fourth-order valence-electron chi connectivity index (χ4n) is 1.76. The number of hydrogen-bond acceptors (Lipinski definition) is 4. The Morgan fingerprint density at radius 1 is 1.60 bits per heavy atom. The average molecular weight is 236 g/mol. The van der Waals surface area contributed by atoms with Crippen LogP contribution in [0.2, 0.25) is 0 Å². The zero-order valence-electron chi connectivity index (χ0n) is 9.06. The summed E-state index contributed by atoms with van der Waals surface area (Å²) in [5.74, 6) is -0.541. The molecule has 6 nitrogen and oxygen atoms in total. The molecule has 15 heavy (non-hydrogen) atoms. The van der Waals surface area contributed by atoms with E-state index in [0.717, 1.165) is 0 Å². The SMILES string of the molecule is CCN1C(C)CC(C(=O)OC)NS1(=O)=O. The molecule has 7 heteroatoms. The number of hydrogen-bond donors (Lipinski definition) is 1. The lowest BCUT2D eigenvalue weighted by Crippen LogP contribution is -2.58. The smallest absolute Gasteiger partial charge is 0.324 e. The molecule has 2 unspecified atom stereocenters. The van der Waals surface area contributed by atoms with Crippen molar-refractivity contribution in [2.24, 2.45) is 0 Å². The van der Waals surface area contributed by atoms with Gasteiger partial charge in [0, 0.05) is 12.6 Å². The Bertz CT molecular complexity index is 341. The molecule has 88 valence electrons. The summed E-state index contributed by atoms with van der Waals surface area (Å²) in [4.78, 5) is 11.2. The summed E-state index contributed by atoms with van der Waals surface area (Å²) in [7, 11) is -2.30. The van der Waals surface area contributed by atoms with Gasteiger partial charge in [0.05, 0.1) is 7.11 Å². The Morgan fingerprint density at radius 2 is 2.20 bits per heavy atom. The van der Waals surface area contributed by atoms with Crippen molar-refractivity contribution in [3.63, 3.8) is 0 Å². The van der Waals surface area contributed by atoms with Crippen LogP contribution < -0.4 is 4.72 Å². The molecule has 1 heterocycles. The van der Waals surface area contributed by atoms with Crippen LogP contribution in [0.4, 0.5) is 0 Å². The zero-order chi connectivity index (χ0) is 11.6. The highest BCUT2D eigenvalue weighted by molar-refractivity contribution is 7.87. The second-order valence-electron chi connectivity index (χ2n) is 3.49. The molecule has 1 aliphatic heterocycles.